The summed E-state index contributed by atoms with van der Waals surface area (Å²) in [5, 5.41) is 10.7. The molecule has 0 rings (SSSR count). The maximum Gasteiger partial charge on any atom is 0.0650 e. The van der Waals surface area contributed by atoms with E-state index in [9.17, 15) is 5.11 Å². The Labute approximate surface area is 113 Å². The Balaban J connectivity index is 5.06. The Morgan fingerprint density at radius 2 is 1.06 bits per heavy atom. The summed E-state index contributed by atoms with van der Waals surface area (Å²) < 4.78 is 10.6. The Morgan fingerprint density at radius 1 is 0.778 bits per heavy atom. The summed E-state index contributed by atoms with van der Waals surface area (Å²) in [6, 6.07) is 0. The minimum atomic E-state index is -0.426. The van der Waals surface area contributed by atoms with Gasteiger partial charge in [0.2, 0.25) is 0 Å². The lowest BCUT2D eigenvalue weighted by Crippen LogP contribution is -2.46. The van der Waals surface area contributed by atoms with Crippen LogP contribution in [-0.2, 0) is 9.47 Å². The summed E-state index contributed by atoms with van der Waals surface area (Å²) in [6.07, 6.45) is -0.426. The fourth-order valence-electron chi connectivity index (χ4n) is 2.36. The largest absolute Gasteiger partial charge is 0.392 e. The molecule has 2 atom stereocenters. The maximum absolute atomic E-state index is 10.7. The number of rotatable bonds is 6. The van der Waals surface area contributed by atoms with E-state index in [4.69, 9.17) is 9.47 Å². The van der Waals surface area contributed by atoms with Crippen LogP contribution < -0.4 is 0 Å². The topological polar surface area (TPSA) is 38.7 Å². The van der Waals surface area contributed by atoms with Gasteiger partial charge in [-0.3, -0.25) is 0 Å². The smallest absolute Gasteiger partial charge is 0.0650 e. The molecule has 1 N–H and O–H groups in total. The van der Waals surface area contributed by atoms with Crippen molar-refractivity contribution in [3.05, 3.63) is 0 Å². The van der Waals surface area contributed by atoms with Gasteiger partial charge < -0.3 is 14.6 Å². The summed E-state index contributed by atoms with van der Waals surface area (Å²) in [7, 11) is 3.38. The fraction of sp³-hybridized carbons (Fsp3) is 1.00. The lowest BCUT2D eigenvalue weighted by molar-refractivity contribution is -0.0840. The molecule has 0 aliphatic carbocycles. The number of aliphatic hydroxyl groups is 1. The summed E-state index contributed by atoms with van der Waals surface area (Å²) in [5.41, 5.74) is 0.0132. The molecule has 0 radical (unpaired) electrons. The van der Waals surface area contributed by atoms with E-state index in [1.54, 1.807) is 14.2 Å². The minimum Gasteiger partial charge on any atom is -0.392 e. The van der Waals surface area contributed by atoms with Gasteiger partial charge in [0.15, 0.2) is 0 Å². The van der Waals surface area contributed by atoms with Crippen LogP contribution in [-0.4, -0.2) is 38.6 Å². The van der Waals surface area contributed by atoms with Crippen molar-refractivity contribution in [2.75, 3.05) is 27.4 Å². The number of hydrogen-bond donors (Lipinski definition) is 1. The van der Waals surface area contributed by atoms with Gasteiger partial charge in [-0.15, -0.1) is 0 Å². The van der Waals surface area contributed by atoms with Crippen molar-refractivity contribution in [1.82, 2.24) is 0 Å². The fourth-order valence-corrected chi connectivity index (χ4v) is 2.36. The second-order valence-electron chi connectivity index (χ2n) is 7.35. The van der Waals surface area contributed by atoms with Crippen LogP contribution in [0.5, 0.6) is 0 Å². The van der Waals surface area contributed by atoms with Gasteiger partial charge in [-0.25, -0.2) is 0 Å². The first-order valence-electron chi connectivity index (χ1n) is 6.71. The third kappa shape index (κ3) is 5.25. The first-order chi connectivity index (χ1) is 8.05. The van der Waals surface area contributed by atoms with E-state index < -0.39 is 6.10 Å². The molecule has 0 saturated heterocycles. The predicted octanol–water partition coefficient (Wildman–Crippen LogP) is 2.96. The number of aliphatic hydroxyl groups excluding tert-OH is 1. The van der Waals surface area contributed by atoms with Gasteiger partial charge in [-0.05, 0) is 10.8 Å². The second-order valence-corrected chi connectivity index (χ2v) is 7.35. The molecule has 110 valence electrons. The molecule has 3 heteroatoms. The first-order valence-corrected chi connectivity index (χ1v) is 6.71. The van der Waals surface area contributed by atoms with Gasteiger partial charge in [0.05, 0.1) is 19.3 Å². The number of methoxy groups -OCH3 is 2. The third-order valence-electron chi connectivity index (χ3n) is 3.74. The van der Waals surface area contributed by atoms with Crippen LogP contribution in [0.15, 0.2) is 0 Å². The molecule has 0 aromatic heterocycles. The molecule has 0 amide bonds. The van der Waals surface area contributed by atoms with Gasteiger partial charge in [0.25, 0.3) is 0 Å². The SMILES string of the molecule is COCC(C(O)C(COC)C(C)(C)C)C(C)(C)C. The highest BCUT2D eigenvalue weighted by molar-refractivity contribution is 4.89. The molecule has 0 fully saturated rings. The lowest BCUT2D eigenvalue weighted by atomic mass is 9.68. The highest BCUT2D eigenvalue weighted by Crippen LogP contribution is 2.38. The van der Waals surface area contributed by atoms with Crippen LogP contribution in [0.4, 0.5) is 0 Å². The van der Waals surface area contributed by atoms with Crippen molar-refractivity contribution < 1.29 is 14.6 Å². The zero-order valence-electron chi connectivity index (χ0n) is 13.4. The zero-order valence-corrected chi connectivity index (χ0v) is 13.4. The van der Waals surface area contributed by atoms with Crippen molar-refractivity contribution in [3.8, 4) is 0 Å². The quantitative estimate of drug-likeness (QED) is 0.798. The monoisotopic (exact) mass is 260 g/mol. The van der Waals surface area contributed by atoms with E-state index in [0.717, 1.165) is 0 Å². The van der Waals surface area contributed by atoms with Crippen LogP contribution in [0.1, 0.15) is 41.5 Å². The molecule has 3 nitrogen and oxygen atoms in total. The van der Waals surface area contributed by atoms with E-state index in [2.05, 4.69) is 41.5 Å². The minimum absolute atomic E-state index is 0.00662. The Hall–Kier alpha value is -0.120. The van der Waals surface area contributed by atoms with E-state index in [1.165, 1.54) is 0 Å². The third-order valence-corrected chi connectivity index (χ3v) is 3.74. The standard InChI is InChI=1S/C15H32O3/c1-14(2,3)11(9-17-7)13(16)12(10-18-8)15(4,5)6/h11-13,16H,9-10H2,1-8H3. The van der Waals surface area contributed by atoms with Gasteiger partial charge in [-0.1, -0.05) is 41.5 Å². The normalized spacial score (nSPS) is 18.5. The Bertz CT molecular complexity index is 201. The molecule has 0 spiro atoms. The van der Waals surface area contributed by atoms with Gasteiger partial charge in [0, 0.05) is 26.1 Å². The average Bonchev–Trinajstić information content (AvgIpc) is 2.18. The first kappa shape index (κ1) is 17.9. The molecule has 0 saturated carbocycles. The van der Waals surface area contributed by atoms with Crippen LogP contribution in [0, 0.1) is 22.7 Å². The van der Waals surface area contributed by atoms with Crippen molar-refractivity contribution >= 4 is 0 Å². The summed E-state index contributed by atoms with van der Waals surface area (Å²) in [6.45, 7) is 14.0. The Morgan fingerprint density at radius 3 is 1.22 bits per heavy atom. The van der Waals surface area contributed by atoms with E-state index >= 15 is 0 Å². The van der Waals surface area contributed by atoms with E-state index in [0.29, 0.717) is 13.2 Å². The summed E-state index contributed by atoms with van der Waals surface area (Å²) in [4.78, 5) is 0. The molecule has 0 bridgehead atoms. The highest BCUT2D eigenvalue weighted by Gasteiger charge is 2.40. The molecular formula is C15H32O3. The molecule has 0 heterocycles. The van der Waals surface area contributed by atoms with Crippen molar-refractivity contribution in [3.63, 3.8) is 0 Å². The molecule has 0 aromatic carbocycles. The summed E-state index contributed by atoms with van der Waals surface area (Å²) >= 11 is 0. The van der Waals surface area contributed by atoms with Gasteiger partial charge in [0.1, 0.15) is 0 Å². The average molecular weight is 260 g/mol. The second kappa shape index (κ2) is 6.88. The predicted molar refractivity (Wildman–Crippen MR) is 75.6 cm³/mol. The molecule has 18 heavy (non-hydrogen) atoms. The molecular weight excluding hydrogens is 228 g/mol. The van der Waals surface area contributed by atoms with Crippen molar-refractivity contribution in [1.29, 1.82) is 0 Å². The summed E-state index contributed by atoms with van der Waals surface area (Å²) in [5.74, 6) is 0.198. The number of hydrogen-bond acceptors (Lipinski definition) is 3. The van der Waals surface area contributed by atoms with E-state index in [-0.39, 0.29) is 22.7 Å². The van der Waals surface area contributed by atoms with Crippen LogP contribution in [0.3, 0.4) is 0 Å². The van der Waals surface area contributed by atoms with Crippen LogP contribution in [0.25, 0.3) is 0 Å². The van der Waals surface area contributed by atoms with Crippen LogP contribution in [0.2, 0.25) is 0 Å². The lowest BCUT2D eigenvalue weighted by Gasteiger charge is -2.42. The van der Waals surface area contributed by atoms with Crippen LogP contribution >= 0.6 is 0 Å². The molecule has 2 unspecified atom stereocenters. The number of ether oxygens (including phenoxy) is 2. The van der Waals surface area contributed by atoms with Gasteiger partial charge >= 0.3 is 0 Å². The van der Waals surface area contributed by atoms with Gasteiger partial charge in [-0.2, -0.15) is 0 Å². The maximum atomic E-state index is 10.7. The van der Waals surface area contributed by atoms with E-state index in [1.807, 2.05) is 0 Å². The zero-order chi connectivity index (χ0) is 14.6. The van der Waals surface area contributed by atoms with Crippen molar-refractivity contribution in [2.24, 2.45) is 22.7 Å². The molecule has 0 aromatic rings. The van der Waals surface area contributed by atoms with Crippen molar-refractivity contribution in [2.45, 2.75) is 47.6 Å². The Kier molecular flexibility index (Phi) is 6.83. The highest BCUT2D eigenvalue weighted by atomic mass is 16.5. The molecule has 0 aliphatic rings. The molecule has 0 aliphatic heterocycles.